The topological polar surface area (TPSA) is 25.2 Å². The molecule has 0 radical (unpaired) electrons. The molecule has 0 aliphatic heterocycles. The molecule has 0 spiro atoms. The van der Waals surface area contributed by atoms with Gasteiger partial charge in [-0.15, -0.1) is 0 Å². The molecule has 1 aromatic heterocycles. The molecule has 0 bridgehead atoms. The van der Waals surface area contributed by atoms with E-state index in [1.807, 2.05) is 12.3 Å². The summed E-state index contributed by atoms with van der Waals surface area (Å²) in [4.78, 5) is 14.8. The van der Waals surface area contributed by atoms with Crippen LogP contribution in [0.5, 0.6) is 0 Å². The number of rotatable bonds is 5. The highest BCUT2D eigenvalue weighted by Gasteiger charge is 2.27. The number of carbonyl (C=O) groups excluding carboxylic acids is 1. The Hall–Kier alpha value is -0.770. The molecule has 4 heteroatoms. The van der Waals surface area contributed by atoms with Gasteiger partial charge in [-0.1, -0.05) is 19.8 Å². The van der Waals surface area contributed by atoms with Gasteiger partial charge < -0.3 is 9.47 Å². The number of hydrogen-bond donors (Lipinski definition) is 0. The van der Waals surface area contributed by atoms with E-state index in [9.17, 15) is 4.79 Å². The smallest absolute Gasteiger partial charge is 0.270 e. The van der Waals surface area contributed by atoms with Crippen LogP contribution in [0.15, 0.2) is 16.7 Å². The molecule has 3 nitrogen and oxygen atoms in total. The summed E-state index contributed by atoms with van der Waals surface area (Å²) in [7, 11) is 0. The second kappa shape index (κ2) is 6.60. The van der Waals surface area contributed by atoms with Crippen molar-refractivity contribution in [3.05, 3.63) is 22.4 Å². The molecule has 1 aliphatic carbocycles. The summed E-state index contributed by atoms with van der Waals surface area (Å²) in [5, 5.41) is 0. The largest absolute Gasteiger partial charge is 0.342 e. The highest BCUT2D eigenvalue weighted by atomic mass is 79.9. The van der Waals surface area contributed by atoms with Gasteiger partial charge in [0.2, 0.25) is 0 Å². The summed E-state index contributed by atoms with van der Waals surface area (Å²) in [6.45, 7) is 5.92. The lowest BCUT2D eigenvalue weighted by molar-refractivity contribution is 0.0682. The maximum absolute atomic E-state index is 12.8. The highest BCUT2D eigenvalue weighted by Crippen LogP contribution is 2.26. The van der Waals surface area contributed by atoms with E-state index in [0.29, 0.717) is 6.04 Å². The summed E-state index contributed by atoms with van der Waals surface area (Å²) >= 11 is 3.48. The van der Waals surface area contributed by atoms with Crippen molar-refractivity contribution in [3.8, 4) is 0 Å². The molecule has 19 heavy (non-hydrogen) atoms. The van der Waals surface area contributed by atoms with Crippen LogP contribution >= 0.6 is 15.9 Å². The van der Waals surface area contributed by atoms with Gasteiger partial charge in [-0.2, -0.15) is 0 Å². The van der Waals surface area contributed by atoms with Crippen LogP contribution in [-0.4, -0.2) is 28.0 Å². The molecule has 1 heterocycles. The van der Waals surface area contributed by atoms with E-state index in [2.05, 4.69) is 39.2 Å². The first-order chi connectivity index (χ1) is 9.17. The van der Waals surface area contributed by atoms with E-state index < -0.39 is 0 Å². The fraction of sp³-hybridized carbons (Fsp3) is 0.667. The second-order valence-corrected chi connectivity index (χ2v) is 6.18. The molecular weight excluding hydrogens is 304 g/mol. The van der Waals surface area contributed by atoms with Gasteiger partial charge in [0, 0.05) is 29.8 Å². The van der Waals surface area contributed by atoms with Crippen LogP contribution in [0.25, 0.3) is 0 Å². The molecule has 0 unspecified atom stereocenters. The number of nitrogens with zero attached hydrogens (tertiary/aromatic N) is 2. The van der Waals surface area contributed by atoms with Crippen molar-refractivity contribution in [3.63, 3.8) is 0 Å². The fourth-order valence-electron chi connectivity index (χ4n) is 3.01. The number of amides is 1. The third kappa shape index (κ3) is 3.22. The average Bonchev–Trinajstić information content (AvgIpc) is 3.00. The molecule has 1 saturated carbocycles. The first-order valence-electron chi connectivity index (χ1n) is 7.34. The minimum absolute atomic E-state index is 0.188. The van der Waals surface area contributed by atoms with E-state index in [1.54, 1.807) is 0 Å². The second-order valence-electron chi connectivity index (χ2n) is 5.27. The number of aromatic nitrogens is 1. The molecular formula is C15H23BrN2O. The lowest BCUT2D eigenvalue weighted by Gasteiger charge is -2.28. The Labute approximate surface area is 124 Å². The van der Waals surface area contributed by atoms with Gasteiger partial charge in [0.1, 0.15) is 5.69 Å². The standard InChI is InChI=1S/C15H23BrN2O/c1-3-9-17-11-12(16)10-14(17)15(19)18(4-2)13-7-5-6-8-13/h10-11,13H,3-9H2,1-2H3. The van der Waals surface area contributed by atoms with Crippen molar-refractivity contribution in [2.24, 2.45) is 0 Å². The third-order valence-electron chi connectivity index (χ3n) is 3.91. The minimum Gasteiger partial charge on any atom is -0.342 e. The highest BCUT2D eigenvalue weighted by molar-refractivity contribution is 9.10. The zero-order chi connectivity index (χ0) is 13.8. The Morgan fingerprint density at radius 2 is 2.11 bits per heavy atom. The minimum atomic E-state index is 0.188. The van der Waals surface area contributed by atoms with Crippen LogP contribution in [0.1, 0.15) is 56.4 Å². The van der Waals surface area contributed by atoms with E-state index in [0.717, 1.165) is 42.5 Å². The van der Waals surface area contributed by atoms with Crippen molar-refractivity contribution in [1.29, 1.82) is 0 Å². The molecule has 2 rings (SSSR count). The predicted molar refractivity (Wildman–Crippen MR) is 81.4 cm³/mol. The maximum Gasteiger partial charge on any atom is 0.270 e. The summed E-state index contributed by atoms with van der Waals surface area (Å²) in [5.74, 6) is 0.188. The molecule has 106 valence electrons. The number of halogens is 1. The summed E-state index contributed by atoms with van der Waals surface area (Å²) < 4.78 is 3.07. The van der Waals surface area contributed by atoms with E-state index >= 15 is 0 Å². The Bertz CT molecular complexity index is 435. The summed E-state index contributed by atoms with van der Waals surface area (Å²) in [5.41, 5.74) is 0.822. The predicted octanol–water partition coefficient (Wildman–Crippen LogP) is 4.07. The van der Waals surface area contributed by atoms with Gasteiger partial charge in [-0.3, -0.25) is 4.79 Å². The Morgan fingerprint density at radius 1 is 1.42 bits per heavy atom. The first-order valence-corrected chi connectivity index (χ1v) is 8.13. The van der Waals surface area contributed by atoms with Gasteiger partial charge >= 0.3 is 0 Å². The molecule has 1 amide bonds. The molecule has 1 aliphatic rings. The average molecular weight is 327 g/mol. The molecule has 1 fully saturated rings. The van der Waals surface area contributed by atoms with Gasteiger partial charge in [-0.25, -0.2) is 0 Å². The van der Waals surface area contributed by atoms with Crippen LogP contribution in [-0.2, 0) is 6.54 Å². The van der Waals surface area contributed by atoms with Crippen LogP contribution in [0.2, 0.25) is 0 Å². The van der Waals surface area contributed by atoms with Gasteiger partial charge in [0.15, 0.2) is 0 Å². The molecule has 0 aromatic carbocycles. The fourth-order valence-corrected chi connectivity index (χ4v) is 3.47. The zero-order valence-corrected chi connectivity index (χ0v) is 13.4. The zero-order valence-electron chi connectivity index (χ0n) is 11.9. The van der Waals surface area contributed by atoms with Gasteiger partial charge in [0.05, 0.1) is 0 Å². The molecule has 0 saturated heterocycles. The van der Waals surface area contributed by atoms with Crippen LogP contribution in [0, 0.1) is 0 Å². The third-order valence-corrected chi connectivity index (χ3v) is 4.35. The Kier molecular flexibility index (Phi) is 5.08. The lowest BCUT2D eigenvalue weighted by atomic mass is 10.2. The van der Waals surface area contributed by atoms with Crippen molar-refractivity contribution < 1.29 is 4.79 Å². The van der Waals surface area contributed by atoms with Crippen molar-refractivity contribution in [2.45, 2.75) is 58.5 Å². The van der Waals surface area contributed by atoms with E-state index in [-0.39, 0.29) is 5.91 Å². The Balaban J connectivity index is 2.21. The van der Waals surface area contributed by atoms with Crippen molar-refractivity contribution in [1.82, 2.24) is 9.47 Å². The lowest BCUT2D eigenvalue weighted by Crippen LogP contribution is -2.39. The van der Waals surface area contributed by atoms with Crippen molar-refractivity contribution >= 4 is 21.8 Å². The molecule has 1 aromatic rings. The monoisotopic (exact) mass is 326 g/mol. The first kappa shape index (κ1) is 14.6. The Morgan fingerprint density at radius 3 is 2.68 bits per heavy atom. The summed E-state index contributed by atoms with van der Waals surface area (Å²) in [6, 6.07) is 2.40. The van der Waals surface area contributed by atoms with Crippen LogP contribution in [0.4, 0.5) is 0 Å². The quantitative estimate of drug-likeness (QED) is 0.800. The number of hydrogen-bond acceptors (Lipinski definition) is 1. The van der Waals surface area contributed by atoms with Gasteiger partial charge in [-0.05, 0) is 48.2 Å². The summed E-state index contributed by atoms with van der Waals surface area (Å²) in [6.07, 6.45) is 7.89. The van der Waals surface area contributed by atoms with E-state index in [4.69, 9.17) is 0 Å². The van der Waals surface area contributed by atoms with Gasteiger partial charge in [0.25, 0.3) is 5.91 Å². The maximum atomic E-state index is 12.8. The van der Waals surface area contributed by atoms with Crippen LogP contribution in [0.3, 0.4) is 0 Å². The van der Waals surface area contributed by atoms with E-state index in [1.165, 1.54) is 12.8 Å². The molecule has 0 atom stereocenters. The molecule has 0 N–H and O–H groups in total. The van der Waals surface area contributed by atoms with Crippen LogP contribution < -0.4 is 0 Å². The normalized spacial score (nSPS) is 15.9. The SMILES string of the molecule is CCCn1cc(Br)cc1C(=O)N(CC)C1CCCC1. The number of carbonyl (C=O) groups is 1. The number of aryl methyl sites for hydroxylation is 1. The van der Waals surface area contributed by atoms with Crippen molar-refractivity contribution in [2.75, 3.05) is 6.54 Å².